The SMILES string of the molecule is CCOC(=O)COC1=NCC(NC(=O)C(C[C@H]2C[C@@H](F)[C@@H](F)C2)C2=CCC(S(=O)(=O)C3CC3)C=C2)N=C1. The molecule has 2 saturated carbocycles. The molecule has 0 bridgehead atoms. The normalized spacial score (nSPS) is 30.3. The highest BCUT2D eigenvalue weighted by atomic mass is 32.2. The van der Waals surface area contributed by atoms with Crippen molar-refractivity contribution in [3.8, 4) is 0 Å². The minimum Gasteiger partial charge on any atom is -0.465 e. The Morgan fingerprint density at radius 3 is 2.51 bits per heavy atom. The van der Waals surface area contributed by atoms with Gasteiger partial charge in [0.1, 0.15) is 18.5 Å². The van der Waals surface area contributed by atoms with E-state index in [1.807, 2.05) is 0 Å². The molecule has 12 heteroatoms. The third-order valence-electron chi connectivity index (χ3n) is 7.03. The largest absolute Gasteiger partial charge is 0.465 e. The van der Waals surface area contributed by atoms with Crippen LogP contribution in [0.1, 0.15) is 45.4 Å². The number of sulfone groups is 1. The fraction of sp³-hybridized carbons (Fsp3) is 0.680. The van der Waals surface area contributed by atoms with Gasteiger partial charge < -0.3 is 14.8 Å². The van der Waals surface area contributed by atoms with E-state index in [0.29, 0.717) is 18.4 Å². The number of alkyl halides is 2. The van der Waals surface area contributed by atoms with Crippen molar-refractivity contribution in [2.24, 2.45) is 21.8 Å². The highest BCUT2D eigenvalue weighted by molar-refractivity contribution is 7.93. The Labute approximate surface area is 215 Å². The second-order valence-corrected chi connectivity index (χ2v) is 12.3. The molecule has 1 aliphatic heterocycles. The molecular weight excluding hydrogens is 508 g/mol. The first-order chi connectivity index (χ1) is 17.7. The summed E-state index contributed by atoms with van der Waals surface area (Å²) >= 11 is 0. The molecule has 1 amide bonds. The van der Waals surface area contributed by atoms with Crippen LogP contribution in [0.25, 0.3) is 0 Å². The van der Waals surface area contributed by atoms with Crippen LogP contribution in [0, 0.1) is 11.8 Å². The van der Waals surface area contributed by atoms with Crippen molar-refractivity contribution < 1.29 is 36.3 Å². The molecule has 0 spiro atoms. The molecule has 1 N–H and O–H groups in total. The summed E-state index contributed by atoms with van der Waals surface area (Å²) in [7, 11) is -3.24. The maximum atomic E-state index is 13.8. The molecule has 1 heterocycles. The van der Waals surface area contributed by atoms with Crippen LogP contribution in [0.15, 0.2) is 33.8 Å². The van der Waals surface area contributed by atoms with Gasteiger partial charge in [0.05, 0.1) is 35.8 Å². The van der Waals surface area contributed by atoms with Crippen LogP contribution in [0.5, 0.6) is 0 Å². The molecule has 0 saturated heterocycles. The third-order valence-corrected chi connectivity index (χ3v) is 9.63. The van der Waals surface area contributed by atoms with Gasteiger partial charge in [0.25, 0.3) is 0 Å². The van der Waals surface area contributed by atoms with Crippen molar-refractivity contribution >= 4 is 33.8 Å². The van der Waals surface area contributed by atoms with Gasteiger partial charge in [-0.25, -0.2) is 27.0 Å². The molecule has 4 aliphatic rings. The summed E-state index contributed by atoms with van der Waals surface area (Å²) in [4.78, 5) is 33.1. The quantitative estimate of drug-likeness (QED) is 0.424. The Hall–Kier alpha value is -2.63. The van der Waals surface area contributed by atoms with Crippen LogP contribution in [-0.2, 0) is 28.9 Å². The molecule has 4 rings (SSSR count). The minimum absolute atomic E-state index is 0.0493. The lowest BCUT2D eigenvalue weighted by molar-refractivity contribution is -0.145. The number of halogens is 2. The van der Waals surface area contributed by atoms with E-state index >= 15 is 0 Å². The first-order valence-electron chi connectivity index (χ1n) is 12.7. The first kappa shape index (κ1) is 27.4. The van der Waals surface area contributed by atoms with Gasteiger partial charge in [-0.15, -0.1) is 0 Å². The van der Waals surface area contributed by atoms with E-state index in [-0.39, 0.29) is 68.4 Å². The monoisotopic (exact) mass is 541 g/mol. The van der Waals surface area contributed by atoms with Gasteiger partial charge in [-0.2, -0.15) is 0 Å². The Morgan fingerprint density at radius 1 is 1.22 bits per heavy atom. The summed E-state index contributed by atoms with van der Waals surface area (Å²) in [6.45, 7) is 1.71. The lowest BCUT2D eigenvalue weighted by Gasteiger charge is -2.26. The zero-order chi connectivity index (χ0) is 26.6. The van der Waals surface area contributed by atoms with Crippen LogP contribution >= 0.6 is 0 Å². The zero-order valence-corrected chi connectivity index (χ0v) is 21.5. The van der Waals surface area contributed by atoms with Gasteiger partial charge in [0, 0.05) is 0 Å². The van der Waals surface area contributed by atoms with E-state index in [9.17, 15) is 26.8 Å². The molecule has 0 aromatic heterocycles. The van der Waals surface area contributed by atoms with Gasteiger partial charge in [-0.05, 0) is 56.9 Å². The number of carbonyl (C=O) groups is 2. The maximum Gasteiger partial charge on any atom is 0.344 e. The van der Waals surface area contributed by atoms with Crippen LogP contribution < -0.4 is 5.32 Å². The number of allylic oxidation sites excluding steroid dienone is 2. The second kappa shape index (κ2) is 11.8. The number of hydrogen-bond donors (Lipinski definition) is 1. The molecule has 3 aliphatic carbocycles. The Morgan fingerprint density at radius 2 is 1.95 bits per heavy atom. The Bertz CT molecular complexity index is 1090. The molecule has 0 aromatic carbocycles. The van der Waals surface area contributed by atoms with Crippen molar-refractivity contribution in [3.05, 3.63) is 23.8 Å². The third kappa shape index (κ3) is 7.03. The number of carbonyl (C=O) groups excluding carboxylic acids is 2. The summed E-state index contributed by atoms with van der Waals surface area (Å²) in [6.07, 6.45) is 4.59. The smallest absolute Gasteiger partial charge is 0.344 e. The molecule has 37 heavy (non-hydrogen) atoms. The summed E-state index contributed by atoms with van der Waals surface area (Å²) in [5.41, 5.74) is 0.638. The van der Waals surface area contributed by atoms with Gasteiger partial charge >= 0.3 is 5.97 Å². The number of ether oxygens (including phenoxy) is 2. The Balaban J connectivity index is 1.38. The highest BCUT2D eigenvalue weighted by Gasteiger charge is 2.41. The standard InChI is InChI=1S/C25H33F2N3O6S/c1-2-35-24(31)14-36-23-13-28-22(12-29-23)30-25(32)19(9-15-10-20(26)21(27)11-15)16-3-5-17(6-4-16)37(33,34)18-7-8-18/h3-5,13,15,17-22H,2,6-12,14H2,1H3,(H,30,32)/t15-,17?,19?,20+,21-,22?. The predicted molar refractivity (Wildman–Crippen MR) is 134 cm³/mol. The van der Waals surface area contributed by atoms with Crippen molar-refractivity contribution in [2.75, 3.05) is 19.8 Å². The molecule has 204 valence electrons. The lowest BCUT2D eigenvalue weighted by atomic mass is 9.84. The topological polar surface area (TPSA) is 123 Å². The number of nitrogens with zero attached hydrogens (tertiary/aromatic N) is 2. The molecular formula is C25H33F2N3O6S. The summed E-state index contributed by atoms with van der Waals surface area (Å²) in [5, 5.41) is 1.92. The predicted octanol–water partition coefficient (Wildman–Crippen LogP) is 2.42. The van der Waals surface area contributed by atoms with Gasteiger partial charge in [-0.1, -0.05) is 18.2 Å². The average Bonchev–Trinajstić information content (AvgIpc) is 3.69. The Kier molecular flexibility index (Phi) is 8.76. The van der Waals surface area contributed by atoms with E-state index in [2.05, 4.69) is 15.3 Å². The van der Waals surface area contributed by atoms with E-state index < -0.39 is 45.5 Å². The lowest BCUT2D eigenvalue weighted by Crippen LogP contribution is -2.42. The number of nitrogens with one attached hydrogen (secondary N) is 1. The van der Waals surface area contributed by atoms with E-state index in [1.165, 1.54) is 6.21 Å². The number of rotatable bonds is 10. The van der Waals surface area contributed by atoms with Crippen molar-refractivity contribution in [2.45, 2.75) is 74.5 Å². The van der Waals surface area contributed by atoms with Crippen molar-refractivity contribution in [3.63, 3.8) is 0 Å². The molecule has 0 radical (unpaired) electrons. The first-order valence-corrected chi connectivity index (χ1v) is 14.3. The minimum atomic E-state index is -3.24. The fourth-order valence-electron chi connectivity index (χ4n) is 4.90. The van der Waals surface area contributed by atoms with Crippen LogP contribution in [0.4, 0.5) is 8.78 Å². The van der Waals surface area contributed by atoms with E-state index in [0.717, 1.165) is 0 Å². The highest BCUT2D eigenvalue weighted by Crippen LogP contribution is 2.39. The molecule has 2 fully saturated rings. The summed E-state index contributed by atoms with van der Waals surface area (Å²) < 4.78 is 62.9. The molecule has 9 nitrogen and oxygen atoms in total. The maximum absolute atomic E-state index is 13.8. The van der Waals surface area contributed by atoms with Crippen LogP contribution in [0.2, 0.25) is 0 Å². The number of hydrogen-bond acceptors (Lipinski definition) is 8. The fourth-order valence-corrected chi connectivity index (χ4v) is 6.85. The molecule has 6 atom stereocenters. The number of esters is 1. The number of aliphatic imine (C=N–C) groups is 2. The van der Waals surface area contributed by atoms with E-state index in [1.54, 1.807) is 25.2 Å². The van der Waals surface area contributed by atoms with Gasteiger partial charge in [0.2, 0.25) is 11.8 Å². The number of amides is 1. The average molecular weight is 542 g/mol. The molecule has 3 unspecified atom stereocenters. The van der Waals surface area contributed by atoms with Gasteiger partial charge in [0.15, 0.2) is 16.4 Å². The van der Waals surface area contributed by atoms with Crippen LogP contribution in [-0.4, -0.2) is 81.2 Å². The van der Waals surface area contributed by atoms with Crippen molar-refractivity contribution in [1.82, 2.24) is 5.32 Å². The van der Waals surface area contributed by atoms with E-state index in [4.69, 9.17) is 9.47 Å². The van der Waals surface area contributed by atoms with Gasteiger partial charge in [-0.3, -0.25) is 9.79 Å². The zero-order valence-electron chi connectivity index (χ0n) is 20.7. The summed E-state index contributed by atoms with van der Waals surface area (Å²) in [5.74, 6) is -1.77. The second-order valence-electron chi connectivity index (χ2n) is 9.86. The van der Waals surface area contributed by atoms with Crippen molar-refractivity contribution in [1.29, 1.82) is 0 Å². The molecule has 0 aromatic rings. The summed E-state index contributed by atoms with van der Waals surface area (Å²) in [6, 6.07) is 0. The van der Waals surface area contributed by atoms with Crippen LogP contribution in [0.3, 0.4) is 0 Å².